The molecule has 0 aromatic heterocycles. The van der Waals surface area contributed by atoms with Crippen LogP contribution in [0.5, 0.6) is 5.75 Å². The number of halogens is 1. The van der Waals surface area contributed by atoms with Crippen LogP contribution in [0, 0.1) is 0 Å². The van der Waals surface area contributed by atoms with E-state index in [1.54, 1.807) is 6.07 Å². The number of nitrogens with one attached hydrogen (secondary N) is 1. The lowest BCUT2D eigenvalue weighted by Gasteiger charge is -2.17. The maximum absolute atomic E-state index is 11.0. The Morgan fingerprint density at radius 2 is 2.25 bits per heavy atom. The minimum Gasteiger partial charge on any atom is -0.506 e. The normalized spacial score (nSPS) is 12.2. The van der Waals surface area contributed by atoms with Crippen LogP contribution in [0.4, 0.5) is 5.69 Å². The summed E-state index contributed by atoms with van der Waals surface area (Å²) in [6.45, 7) is 3.64. The first-order valence-electron chi connectivity index (χ1n) is 4.96. The molecule has 1 amide bonds. The number of anilines is 1. The van der Waals surface area contributed by atoms with Crippen LogP contribution >= 0.6 is 11.6 Å². The van der Waals surface area contributed by atoms with Crippen molar-refractivity contribution in [2.75, 3.05) is 11.9 Å². The first-order valence-corrected chi connectivity index (χ1v) is 5.34. The second-order valence-corrected chi connectivity index (χ2v) is 4.08. The van der Waals surface area contributed by atoms with Crippen LogP contribution in [0.15, 0.2) is 12.1 Å². The highest BCUT2D eigenvalue weighted by molar-refractivity contribution is 6.32. The van der Waals surface area contributed by atoms with Crippen molar-refractivity contribution in [1.82, 2.24) is 0 Å². The molecule has 4 nitrogen and oxygen atoms in total. The van der Waals surface area contributed by atoms with Gasteiger partial charge in [-0.05, 0) is 24.6 Å². The number of amides is 1. The fourth-order valence-electron chi connectivity index (χ4n) is 1.49. The fraction of sp³-hybridized carbons (Fsp3) is 0.364. The number of carbonyl (C=O) groups is 1. The van der Waals surface area contributed by atoms with Gasteiger partial charge >= 0.3 is 0 Å². The van der Waals surface area contributed by atoms with Crippen molar-refractivity contribution >= 4 is 23.2 Å². The summed E-state index contributed by atoms with van der Waals surface area (Å²) in [5.74, 6) is -0.306. The molecule has 1 unspecified atom stereocenters. The minimum atomic E-state index is -0.261. The Balaban J connectivity index is 3.30. The highest BCUT2D eigenvalue weighted by atomic mass is 35.5. The molecule has 0 heterocycles. The molecule has 0 saturated heterocycles. The number of nitrogens with two attached hydrogens (primary N) is 1. The molecule has 5 heteroatoms. The van der Waals surface area contributed by atoms with Gasteiger partial charge < -0.3 is 16.2 Å². The van der Waals surface area contributed by atoms with E-state index in [-0.39, 0.29) is 17.6 Å². The van der Waals surface area contributed by atoms with E-state index in [1.807, 2.05) is 6.92 Å². The minimum absolute atomic E-state index is 0.00472. The Morgan fingerprint density at radius 1 is 1.62 bits per heavy atom. The van der Waals surface area contributed by atoms with Gasteiger partial charge in [0.2, 0.25) is 5.91 Å². The average Bonchev–Trinajstić information content (AvgIpc) is 2.22. The van der Waals surface area contributed by atoms with Gasteiger partial charge in [0.05, 0.1) is 5.69 Å². The molecule has 16 heavy (non-hydrogen) atoms. The van der Waals surface area contributed by atoms with Gasteiger partial charge in [0.1, 0.15) is 5.75 Å². The van der Waals surface area contributed by atoms with E-state index in [2.05, 4.69) is 5.32 Å². The smallest absolute Gasteiger partial charge is 0.221 e. The Hall–Kier alpha value is -1.26. The van der Waals surface area contributed by atoms with E-state index in [0.717, 1.165) is 0 Å². The van der Waals surface area contributed by atoms with Gasteiger partial charge in [-0.3, -0.25) is 4.79 Å². The summed E-state index contributed by atoms with van der Waals surface area (Å²) >= 11 is 6.04. The third kappa shape index (κ3) is 2.65. The van der Waals surface area contributed by atoms with Crippen LogP contribution in [-0.2, 0) is 4.79 Å². The van der Waals surface area contributed by atoms with Gasteiger partial charge in [0.15, 0.2) is 0 Å². The van der Waals surface area contributed by atoms with Crippen molar-refractivity contribution in [3.05, 3.63) is 22.7 Å². The summed E-state index contributed by atoms with van der Waals surface area (Å²) in [6.07, 6.45) is 0. The first-order chi connectivity index (χ1) is 7.47. The van der Waals surface area contributed by atoms with Crippen molar-refractivity contribution in [3.8, 4) is 5.75 Å². The van der Waals surface area contributed by atoms with Crippen molar-refractivity contribution in [1.29, 1.82) is 0 Å². The molecule has 0 radical (unpaired) electrons. The molecule has 88 valence electrons. The maximum Gasteiger partial charge on any atom is 0.221 e. The molecule has 1 atom stereocenters. The standard InChI is InChI=1S/C11H15ClN2O2/c1-6(5-13)10-8(12)3-4-9(16)11(10)14-7(2)15/h3-4,6,16H,5,13H2,1-2H3,(H,14,15). The van der Waals surface area contributed by atoms with E-state index in [0.29, 0.717) is 22.8 Å². The molecular formula is C11H15ClN2O2. The third-order valence-corrected chi connectivity index (χ3v) is 2.65. The third-order valence-electron chi connectivity index (χ3n) is 2.32. The van der Waals surface area contributed by atoms with Gasteiger partial charge in [-0.15, -0.1) is 0 Å². The molecule has 0 saturated carbocycles. The highest BCUT2D eigenvalue weighted by Crippen LogP contribution is 2.37. The zero-order chi connectivity index (χ0) is 12.3. The fourth-order valence-corrected chi connectivity index (χ4v) is 1.83. The predicted octanol–water partition coefficient (Wildman–Crippen LogP) is 2.07. The average molecular weight is 243 g/mol. The number of phenolic OH excluding ortho intramolecular Hbond substituents is 1. The van der Waals surface area contributed by atoms with Crippen molar-refractivity contribution < 1.29 is 9.90 Å². The van der Waals surface area contributed by atoms with E-state index < -0.39 is 0 Å². The zero-order valence-corrected chi connectivity index (χ0v) is 10.0. The molecule has 0 aliphatic carbocycles. The van der Waals surface area contributed by atoms with Crippen molar-refractivity contribution in [2.24, 2.45) is 5.73 Å². The van der Waals surface area contributed by atoms with Gasteiger partial charge in [-0.2, -0.15) is 0 Å². The van der Waals surface area contributed by atoms with Crippen LogP contribution in [0.2, 0.25) is 5.02 Å². The second kappa shape index (κ2) is 5.18. The van der Waals surface area contributed by atoms with E-state index in [4.69, 9.17) is 17.3 Å². The summed E-state index contributed by atoms with van der Waals surface area (Å²) in [6, 6.07) is 3.03. The number of phenols is 1. The molecule has 4 N–H and O–H groups in total. The maximum atomic E-state index is 11.0. The first kappa shape index (κ1) is 12.8. The lowest BCUT2D eigenvalue weighted by Crippen LogP contribution is -2.14. The van der Waals surface area contributed by atoms with Crippen LogP contribution in [0.25, 0.3) is 0 Å². The quantitative estimate of drug-likeness (QED) is 0.711. The number of aromatic hydroxyl groups is 1. The molecule has 0 aliphatic rings. The number of rotatable bonds is 3. The van der Waals surface area contributed by atoms with Crippen LogP contribution in [-0.4, -0.2) is 17.6 Å². The van der Waals surface area contributed by atoms with E-state index >= 15 is 0 Å². The van der Waals surface area contributed by atoms with Crippen LogP contribution in [0.3, 0.4) is 0 Å². The molecule has 0 spiro atoms. The lowest BCUT2D eigenvalue weighted by molar-refractivity contribution is -0.114. The van der Waals surface area contributed by atoms with E-state index in [9.17, 15) is 9.90 Å². The molecular weight excluding hydrogens is 228 g/mol. The summed E-state index contributed by atoms with van der Waals surface area (Å²) in [7, 11) is 0. The Bertz CT molecular complexity index is 407. The second-order valence-electron chi connectivity index (χ2n) is 3.67. The highest BCUT2D eigenvalue weighted by Gasteiger charge is 2.17. The SMILES string of the molecule is CC(=O)Nc1c(O)ccc(Cl)c1C(C)CN. The van der Waals surface area contributed by atoms with Crippen LogP contribution < -0.4 is 11.1 Å². The summed E-state index contributed by atoms with van der Waals surface area (Å²) in [5, 5.41) is 12.7. The largest absolute Gasteiger partial charge is 0.506 e. The number of benzene rings is 1. The predicted molar refractivity (Wildman–Crippen MR) is 64.9 cm³/mol. The van der Waals surface area contributed by atoms with Crippen LogP contribution in [0.1, 0.15) is 25.3 Å². The van der Waals surface area contributed by atoms with Crippen molar-refractivity contribution in [2.45, 2.75) is 19.8 Å². The summed E-state index contributed by atoms with van der Waals surface area (Å²) in [5.41, 5.74) is 6.58. The lowest BCUT2D eigenvalue weighted by atomic mass is 9.98. The number of hydrogen-bond acceptors (Lipinski definition) is 3. The molecule has 0 aliphatic heterocycles. The van der Waals surface area contributed by atoms with Gasteiger partial charge in [-0.1, -0.05) is 18.5 Å². The van der Waals surface area contributed by atoms with Crippen molar-refractivity contribution in [3.63, 3.8) is 0 Å². The van der Waals surface area contributed by atoms with Gasteiger partial charge in [0.25, 0.3) is 0 Å². The molecule has 0 fully saturated rings. The number of hydrogen-bond donors (Lipinski definition) is 3. The van der Waals surface area contributed by atoms with E-state index in [1.165, 1.54) is 13.0 Å². The number of carbonyl (C=O) groups excluding carboxylic acids is 1. The Morgan fingerprint density at radius 3 is 2.75 bits per heavy atom. The zero-order valence-electron chi connectivity index (χ0n) is 9.25. The Kier molecular flexibility index (Phi) is 4.15. The summed E-state index contributed by atoms with van der Waals surface area (Å²) < 4.78 is 0. The van der Waals surface area contributed by atoms with Gasteiger partial charge in [-0.25, -0.2) is 0 Å². The monoisotopic (exact) mass is 242 g/mol. The molecule has 1 aromatic carbocycles. The molecule has 0 bridgehead atoms. The summed E-state index contributed by atoms with van der Waals surface area (Å²) in [4.78, 5) is 11.0. The molecule has 1 rings (SSSR count). The topological polar surface area (TPSA) is 75.3 Å². The Labute approximate surface area is 99.4 Å². The van der Waals surface area contributed by atoms with Gasteiger partial charge in [0, 0.05) is 17.5 Å². The molecule has 1 aromatic rings.